The third kappa shape index (κ3) is 2.48. The number of carbonyl (C=O) groups excluding carboxylic acids is 2. The van der Waals surface area contributed by atoms with Gasteiger partial charge in [-0.25, -0.2) is 0 Å². The van der Waals surface area contributed by atoms with Crippen LogP contribution >= 0.6 is 0 Å². The molecule has 0 N–H and O–H groups in total. The molecule has 1 heterocycles. The molecular formula is C11H16N2O3. The van der Waals surface area contributed by atoms with Crippen LogP contribution in [0.2, 0.25) is 0 Å². The topological polar surface area (TPSA) is 61.2 Å². The molecule has 1 aromatic rings. The first-order valence-electron chi connectivity index (χ1n) is 5.16. The number of ketones is 1. The van der Waals surface area contributed by atoms with Crippen molar-refractivity contribution in [2.24, 2.45) is 7.05 Å². The van der Waals surface area contributed by atoms with Crippen molar-refractivity contribution < 1.29 is 14.3 Å². The summed E-state index contributed by atoms with van der Waals surface area (Å²) in [6.45, 7) is 5.56. The SMILES string of the molecule is CCOC(=O)CC(=O)c1c(C)nn(C)c1C. The fourth-order valence-corrected chi connectivity index (χ4v) is 1.61. The molecule has 0 saturated carbocycles. The van der Waals surface area contributed by atoms with Crippen LogP contribution in [0.25, 0.3) is 0 Å². The highest BCUT2D eigenvalue weighted by Gasteiger charge is 2.20. The zero-order valence-corrected chi connectivity index (χ0v) is 10.0. The molecule has 0 radical (unpaired) electrons. The lowest BCUT2D eigenvalue weighted by Gasteiger charge is -2.02. The van der Waals surface area contributed by atoms with Crippen molar-refractivity contribution >= 4 is 11.8 Å². The summed E-state index contributed by atoms with van der Waals surface area (Å²) in [6.07, 6.45) is -0.221. The number of aryl methyl sites for hydroxylation is 2. The maximum absolute atomic E-state index is 11.8. The van der Waals surface area contributed by atoms with E-state index in [2.05, 4.69) is 5.10 Å². The van der Waals surface area contributed by atoms with Crippen LogP contribution in [0, 0.1) is 13.8 Å². The van der Waals surface area contributed by atoms with E-state index in [-0.39, 0.29) is 18.8 Å². The molecule has 0 amide bonds. The molecule has 16 heavy (non-hydrogen) atoms. The maximum atomic E-state index is 11.8. The van der Waals surface area contributed by atoms with Crippen molar-refractivity contribution in [1.82, 2.24) is 9.78 Å². The van der Waals surface area contributed by atoms with Crippen LogP contribution in [-0.4, -0.2) is 28.1 Å². The van der Waals surface area contributed by atoms with Gasteiger partial charge in [0, 0.05) is 12.7 Å². The van der Waals surface area contributed by atoms with E-state index in [0.29, 0.717) is 11.3 Å². The van der Waals surface area contributed by atoms with Gasteiger partial charge in [-0.05, 0) is 20.8 Å². The predicted molar refractivity (Wildman–Crippen MR) is 58.3 cm³/mol. The molecule has 0 aliphatic carbocycles. The molecule has 0 spiro atoms. The third-order valence-corrected chi connectivity index (χ3v) is 2.40. The molecule has 1 rings (SSSR count). The molecule has 0 bridgehead atoms. The molecule has 5 heteroatoms. The first-order valence-corrected chi connectivity index (χ1v) is 5.16. The third-order valence-electron chi connectivity index (χ3n) is 2.40. The van der Waals surface area contributed by atoms with E-state index in [1.807, 2.05) is 0 Å². The number of nitrogens with zero attached hydrogens (tertiary/aromatic N) is 2. The zero-order chi connectivity index (χ0) is 12.3. The Morgan fingerprint density at radius 3 is 2.44 bits per heavy atom. The van der Waals surface area contributed by atoms with Gasteiger partial charge in [-0.1, -0.05) is 0 Å². The minimum absolute atomic E-state index is 0.221. The van der Waals surface area contributed by atoms with Gasteiger partial charge in [-0.15, -0.1) is 0 Å². The molecule has 0 aliphatic heterocycles. The van der Waals surface area contributed by atoms with Gasteiger partial charge >= 0.3 is 5.97 Å². The Hall–Kier alpha value is -1.65. The summed E-state index contributed by atoms with van der Waals surface area (Å²) in [7, 11) is 1.77. The molecule has 0 fully saturated rings. The van der Waals surface area contributed by atoms with Crippen molar-refractivity contribution in [2.75, 3.05) is 6.61 Å². The van der Waals surface area contributed by atoms with Crippen molar-refractivity contribution in [2.45, 2.75) is 27.2 Å². The molecule has 0 saturated heterocycles. The van der Waals surface area contributed by atoms with Gasteiger partial charge in [0.05, 0.1) is 17.9 Å². The van der Waals surface area contributed by atoms with E-state index >= 15 is 0 Å². The number of Topliss-reactive ketones (excluding diaryl/α,β-unsaturated/α-hetero) is 1. The zero-order valence-electron chi connectivity index (χ0n) is 10.0. The minimum atomic E-state index is -0.491. The van der Waals surface area contributed by atoms with Crippen molar-refractivity contribution in [3.63, 3.8) is 0 Å². The first-order chi connectivity index (χ1) is 7.47. The average Bonchev–Trinajstić information content (AvgIpc) is 2.41. The van der Waals surface area contributed by atoms with Crippen LogP contribution in [0.15, 0.2) is 0 Å². The van der Waals surface area contributed by atoms with Crippen molar-refractivity contribution in [1.29, 1.82) is 0 Å². The van der Waals surface area contributed by atoms with Gasteiger partial charge in [0.15, 0.2) is 5.78 Å². The van der Waals surface area contributed by atoms with E-state index in [0.717, 1.165) is 5.69 Å². The van der Waals surface area contributed by atoms with Crippen LogP contribution in [0.5, 0.6) is 0 Å². The van der Waals surface area contributed by atoms with Gasteiger partial charge in [0.2, 0.25) is 0 Å². The van der Waals surface area contributed by atoms with Gasteiger partial charge in [0.1, 0.15) is 6.42 Å². The second kappa shape index (κ2) is 4.92. The first kappa shape index (κ1) is 12.4. The monoisotopic (exact) mass is 224 g/mol. The highest BCUT2D eigenvalue weighted by molar-refractivity contribution is 6.07. The van der Waals surface area contributed by atoms with Crippen LogP contribution in [-0.2, 0) is 16.6 Å². The number of rotatable bonds is 4. The van der Waals surface area contributed by atoms with Crippen LogP contribution in [0.3, 0.4) is 0 Å². The Bertz CT molecular complexity index is 421. The number of hydrogen-bond acceptors (Lipinski definition) is 4. The quantitative estimate of drug-likeness (QED) is 0.437. The fraction of sp³-hybridized carbons (Fsp3) is 0.545. The van der Waals surface area contributed by atoms with Gasteiger partial charge in [-0.2, -0.15) is 5.10 Å². The lowest BCUT2D eigenvalue weighted by Crippen LogP contribution is -2.12. The summed E-state index contributed by atoms with van der Waals surface area (Å²) < 4.78 is 6.37. The van der Waals surface area contributed by atoms with Crippen molar-refractivity contribution in [3.05, 3.63) is 17.0 Å². The van der Waals surface area contributed by atoms with E-state index in [1.165, 1.54) is 0 Å². The van der Waals surface area contributed by atoms with Crippen LogP contribution < -0.4 is 0 Å². The van der Waals surface area contributed by atoms with Crippen LogP contribution in [0.1, 0.15) is 35.1 Å². The molecule has 0 aliphatic rings. The molecule has 1 aromatic heterocycles. The van der Waals surface area contributed by atoms with E-state index in [4.69, 9.17) is 4.74 Å². The summed E-state index contributed by atoms with van der Waals surface area (Å²) in [5.74, 6) is -0.725. The number of ether oxygens (including phenoxy) is 1. The fourth-order valence-electron chi connectivity index (χ4n) is 1.61. The minimum Gasteiger partial charge on any atom is -0.466 e. The number of aromatic nitrogens is 2. The van der Waals surface area contributed by atoms with Crippen LogP contribution in [0.4, 0.5) is 0 Å². The normalized spacial score (nSPS) is 10.2. The predicted octanol–water partition coefficient (Wildman–Crippen LogP) is 1.17. The summed E-state index contributed by atoms with van der Waals surface area (Å²) in [4.78, 5) is 23.0. The Labute approximate surface area is 94.4 Å². The Morgan fingerprint density at radius 1 is 1.38 bits per heavy atom. The van der Waals surface area contributed by atoms with Gasteiger partial charge in [0.25, 0.3) is 0 Å². The summed E-state index contributed by atoms with van der Waals surface area (Å²) in [5.41, 5.74) is 1.94. The molecule has 0 aromatic carbocycles. The summed E-state index contributed by atoms with van der Waals surface area (Å²) in [5, 5.41) is 4.13. The highest BCUT2D eigenvalue weighted by atomic mass is 16.5. The van der Waals surface area contributed by atoms with E-state index < -0.39 is 5.97 Å². The second-order valence-electron chi connectivity index (χ2n) is 3.57. The molecular weight excluding hydrogens is 208 g/mol. The molecule has 88 valence electrons. The Balaban J connectivity index is 2.85. The number of carbonyl (C=O) groups is 2. The Kier molecular flexibility index (Phi) is 3.82. The lowest BCUT2D eigenvalue weighted by atomic mass is 10.1. The second-order valence-corrected chi connectivity index (χ2v) is 3.57. The highest BCUT2D eigenvalue weighted by Crippen LogP contribution is 2.14. The average molecular weight is 224 g/mol. The molecule has 0 atom stereocenters. The summed E-state index contributed by atoms with van der Waals surface area (Å²) >= 11 is 0. The standard InChI is InChI=1S/C11H16N2O3/c1-5-16-10(15)6-9(14)11-7(2)12-13(4)8(11)3/h5-6H2,1-4H3. The van der Waals surface area contributed by atoms with E-state index in [9.17, 15) is 9.59 Å². The van der Waals surface area contributed by atoms with Gasteiger partial charge < -0.3 is 4.74 Å². The smallest absolute Gasteiger partial charge is 0.313 e. The molecule has 5 nitrogen and oxygen atoms in total. The number of hydrogen-bond donors (Lipinski definition) is 0. The summed E-state index contributed by atoms with van der Waals surface area (Å²) in [6, 6.07) is 0. The lowest BCUT2D eigenvalue weighted by molar-refractivity contribution is -0.141. The van der Waals surface area contributed by atoms with Gasteiger partial charge in [-0.3, -0.25) is 14.3 Å². The molecule has 0 unspecified atom stereocenters. The van der Waals surface area contributed by atoms with Crippen molar-refractivity contribution in [3.8, 4) is 0 Å². The largest absolute Gasteiger partial charge is 0.466 e. The van der Waals surface area contributed by atoms with E-state index in [1.54, 1.807) is 32.5 Å². The maximum Gasteiger partial charge on any atom is 0.313 e. The number of esters is 1. The Morgan fingerprint density at radius 2 is 2.00 bits per heavy atom.